The van der Waals surface area contributed by atoms with Gasteiger partial charge in [0.15, 0.2) is 0 Å². The molecule has 3 nitrogen and oxygen atoms in total. The molecular weight excluding hydrogens is 322 g/mol. The number of benzene rings is 3. The Labute approximate surface area is 148 Å². The van der Waals surface area contributed by atoms with Gasteiger partial charge in [-0.2, -0.15) is 0 Å². The van der Waals surface area contributed by atoms with Crippen LogP contribution in [0.3, 0.4) is 0 Å². The molecule has 0 aliphatic heterocycles. The monoisotopic (exact) mass is 343 g/mol. The molecule has 2 N–H and O–H groups in total. The molecule has 0 fully saturated rings. The Hall–Kier alpha value is -2.07. The van der Waals surface area contributed by atoms with Crippen molar-refractivity contribution in [3.8, 4) is 5.75 Å². The molecule has 126 valence electrons. The summed E-state index contributed by atoms with van der Waals surface area (Å²) in [5.41, 5.74) is 1.20. The SMILES string of the molecule is Cl.OC(CNCc1ccccc1)COc1cccc2ccccc12. The molecule has 0 radical (unpaired) electrons. The van der Waals surface area contributed by atoms with Crippen LogP contribution in [0.1, 0.15) is 5.56 Å². The third kappa shape index (κ3) is 4.96. The van der Waals surface area contributed by atoms with E-state index in [4.69, 9.17) is 4.74 Å². The molecule has 0 heterocycles. The van der Waals surface area contributed by atoms with Crippen molar-refractivity contribution >= 4 is 23.2 Å². The highest BCUT2D eigenvalue weighted by Gasteiger charge is 2.07. The van der Waals surface area contributed by atoms with Gasteiger partial charge < -0.3 is 15.2 Å². The molecule has 1 unspecified atom stereocenters. The first kappa shape index (κ1) is 18.3. The smallest absolute Gasteiger partial charge is 0.127 e. The summed E-state index contributed by atoms with van der Waals surface area (Å²) in [5, 5.41) is 15.5. The minimum Gasteiger partial charge on any atom is -0.490 e. The summed E-state index contributed by atoms with van der Waals surface area (Å²) in [6.45, 7) is 1.52. The number of hydrogen-bond donors (Lipinski definition) is 2. The van der Waals surface area contributed by atoms with Gasteiger partial charge in [0.25, 0.3) is 0 Å². The summed E-state index contributed by atoms with van der Waals surface area (Å²) in [6, 6.07) is 24.2. The fourth-order valence-electron chi connectivity index (χ4n) is 2.55. The van der Waals surface area contributed by atoms with E-state index in [1.807, 2.05) is 48.5 Å². The largest absolute Gasteiger partial charge is 0.490 e. The van der Waals surface area contributed by atoms with E-state index in [1.54, 1.807) is 0 Å². The molecule has 0 aromatic heterocycles. The summed E-state index contributed by atoms with van der Waals surface area (Å²) in [5.74, 6) is 0.810. The lowest BCUT2D eigenvalue weighted by atomic mass is 10.1. The molecule has 3 rings (SSSR count). The van der Waals surface area contributed by atoms with E-state index < -0.39 is 6.10 Å². The number of nitrogens with one attached hydrogen (secondary N) is 1. The average Bonchev–Trinajstić information content (AvgIpc) is 2.61. The van der Waals surface area contributed by atoms with Gasteiger partial charge >= 0.3 is 0 Å². The summed E-state index contributed by atoms with van der Waals surface area (Å²) in [6.07, 6.45) is -0.544. The Morgan fingerprint density at radius 3 is 2.42 bits per heavy atom. The van der Waals surface area contributed by atoms with E-state index in [9.17, 15) is 5.11 Å². The minimum atomic E-state index is -0.544. The van der Waals surface area contributed by atoms with E-state index >= 15 is 0 Å². The van der Waals surface area contributed by atoms with Gasteiger partial charge in [0, 0.05) is 18.5 Å². The Morgan fingerprint density at radius 1 is 0.875 bits per heavy atom. The van der Waals surface area contributed by atoms with Crippen molar-refractivity contribution in [3.63, 3.8) is 0 Å². The molecular formula is C20H22ClNO2. The lowest BCUT2D eigenvalue weighted by Gasteiger charge is -2.14. The molecule has 4 heteroatoms. The average molecular weight is 344 g/mol. The second-order valence-electron chi connectivity index (χ2n) is 5.56. The van der Waals surface area contributed by atoms with Gasteiger partial charge in [0.2, 0.25) is 0 Å². The molecule has 0 aliphatic carbocycles. The first-order valence-electron chi connectivity index (χ1n) is 7.86. The topological polar surface area (TPSA) is 41.5 Å². The molecule has 24 heavy (non-hydrogen) atoms. The van der Waals surface area contributed by atoms with Gasteiger partial charge in [-0.3, -0.25) is 0 Å². The summed E-state index contributed by atoms with van der Waals surface area (Å²) in [4.78, 5) is 0. The van der Waals surface area contributed by atoms with Crippen LogP contribution in [0.4, 0.5) is 0 Å². The van der Waals surface area contributed by atoms with Crippen molar-refractivity contribution < 1.29 is 9.84 Å². The normalized spacial score (nSPS) is 11.7. The maximum Gasteiger partial charge on any atom is 0.127 e. The number of aliphatic hydroxyl groups excluding tert-OH is 1. The van der Waals surface area contributed by atoms with Crippen molar-refractivity contribution in [2.45, 2.75) is 12.6 Å². The van der Waals surface area contributed by atoms with E-state index in [0.717, 1.165) is 23.1 Å². The zero-order valence-electron chi connectivity index (χ0n) is 13.4. The Morgan fingerprint density at radius 2 is 1.58 bits per heavy atom. The fraction of sp³-hybridized carbons (Fsp3) is 0.200. The van der Waals surface area contributed by atoms with Gasteiger partial charge in [0.1, 0.15) is 18.5 Å². The van der Waals surface area contributed by atoms with Crippen molar-refractivity contribution in [3.05, 3.63) is 78.4 Å². The molecule has 1 atom stereocenters. The van der Waals surface area contributed by atoms with E-state index in [-0.39, 0.29) is 19.0 Å². The Kier molecular flexibility index (Phi) is 7.07. The summed E-state index contributed by atoms with van der Waals surface area (Å²) in [7, 11) is 0. The second-order valence-corrected chi connectivity index (χ2v) is 5.56. The Balaban J connectivity index is 0.00000208. The van der Waals surface area contributed by atoms with Gasteiger partial charge in [-0.15, -0.1) is 12.4 Å². The van der Waals surface area contributed by atoms with Crippen molar-refractivity contribution in [1.82, 2.24) is 5.32 Å². The van der Waals surface area contributed by atoms with E-state index in [1.165, 1.54) is 5.56 Å². The maximum absolute atomic E-state index is 10.1. The third-order valence-electron chi connectivity index (χ3n) is 3.73. The lowest BCUT2D eigenvalue weighted by Crippen LogP contribution is -2.31. The zero-order valence-corrected chi connectivity index (χ0v) is 14.2. The highest BCUT2D eigenvalue weighted by molar-refractivity contribution is 5.88. The van der Waals surface area contributed by atoms with Crippen LogP contribution in [0, 0.1) is 0 Å². The standard InChI is InChI=1S/C20H21NO2.ClH/c22-18(14-21-13-16-7-2-1-3-8-16)15-23-20-12-6-10-17-9-4-5-11-19(17)20;/h1-12,18,21-22H,13-15H2;1H. The minimum absolute atomic E-state index is 0. The lowest BCUT2D eigenvalue weighted by molar-refractivity contribution is 0.107. The molecule has 0 saturated carbocycles. The van der Waals surface area contributed by atoms with Crippen LogP contribution in [0.2, 0.25) is 0 Å². The summed E-state index contributed by atoms with van der Waals surface area (Å²) >= 11 is 0. The Bertz CT molecular complexity index is 743. The first-order valence-corrected chi connectivity index (χ1v) is 7.86. The first-order chi connectivity index (χ1) is 11.3. The molecule has 0 aliphatic rings. The second kappa shape index (κ2) is 9.28. The van der Waals surface area contributed by atoms with Crippen LogP contribution in [-0.4, -0.2) is 24.4 Å². The summed E-state index contributed by atoms with van der Waals surface area (Å²) < 4.78 is 5.79. The molecule has 3 aromatic carbocycles. The predicted octanol–water partition coefficient (Wildman–Crippen LogP) is 3.79. The number of rotatable bonds is 7. The fourth-order valence-corrected chi connectivity index (χ4v) is 2.55. The van der Waals surface area contributed by atoms with Gasteiger partial charge in [-0.05, 0) is 17.0 Å². The molecule has 0 amide bonds. The number of ether oxygens (including phenoxy) is 1. The highest BCUT2D eigenvalue weighted by Crippen LogP contribution is 2.25. The highest BCUT2D eigenvalue weighted by atomic mass is 35.5. The van der Waals surface area contributed by atoms with E-state index in [2.05, 4.69) is 29.6 Å². The molecule has 0 spiro atoms. The van der Waals surface area contributed by atoms with Gasteiger partial charge in [-0.25, -0.2) is 0 Å². The third-order valence-corrected chi connectivity index (χ3v) is 3.73. The van der Waals surface area contributed by atoms with Crippen LogP contribution < -0.4 is 10.1 Å². The van der Waals surface area contributed by atoms with Crippen molar-refractivity contribution in [2.24, 2.45) is 0 Å². The van der Waals surface area contributed by atoms with Crippen LogP contribution in [0.25, 0.3) is 10.8 Å². The molecule has 0 bridgehead atoms. The maximum atomic E-state index is 10.1. The van der Waals surface area contributed by atoms with E-state index in [0.29, 0.717) is 6.54 Å². The molecule has 3 aromatic rings. The van der Waals surface area contributed by atoms with Crippen molar-refractivity contribution in [2.75, 3.05) is 13.2 Å². The zero-order chi connectivity index (χ0) is 15.9. The predicted molar refractivity (Wildman–Crippen MR) is 101 cm³/mol. The van der Waals surface area contributed by atoms with Crippen molar-refractivity contribution in [1.29, 1.82) is 0 Å². The van der Waals surface area contributed by atoms with Crippen LogP contribution in [0.15, 0.2) is 72.8 Å². The number of hydrogen-bond acceptors (Lipinski definition) is 3. The number of aliphatic hydroxyl groups is 1. The quantitative estimate of drug-likeness (QED) is 0.685. The van der Waals surface area contributed by atoms with Crippen LogP contribution in [0.5, 0.6) is 5.75 Å². The van der Waals surface area contributed by atoms with Crippen LogP contribution >= 0.6 is 12.4 Å². The molecule has 0 saturated heterocycles. The number of fused-ring (bicyclic) bond motifs is 1. The van der Waals surface area contributed by atoms with Gasteiger partial charge in [0.05, 0.1) is 0 Å². The van der Waals surface area contributed by atoms with Gasteiger partial charge in [-0.1, -0.05) is 66.7 Å². The van der Waals surface area contributed by atoms with Crippen LogP contribution in [-0.2, 0) is 6.54 Å². The number of halogens is 1.